The van der Waals surface area contributed by atoms with Gasteiger partial charge in [0.2, 0.25) is 5.91 Å². The van der Waals surface area contributed by atoms with Crippen molar-refractivity contribution in [3.63, 3.8) is 0 Å². The highest BCUT2D eigenvalue weighted by atomic mass is 19.1. The summed E-state index contributed by atoms with van der Waals surface area (Å²) in [4.78, 5) is 11.1. The lowest BCUT2D eigenvalue weighted by atomic mass is 9.98. The quantitative estimate of drug-likeness (QED) is 0.759. The number of primary amides is 1. The fourth-order valence-corrected chi connectivity index (χ4v) is 2.62. The van der Waals surface area contributed by atoms with E-state index in [1.54, 1.807) is 0 Å². The highest BCUT2D eigenvalue weighted by molar-refractivity contribution is 5.92. The van der Waals surface area contributed by atoms with Crippen molar-refractivity contribution in [1.82, 2.24) is 5.32 Å². The van der Waals surface area contributed by atoms with Crippen molar-refractivity contribution >= 4 is 5.91 Å². The Bertz CT molecular complexity index is 473. The number of hydrogen-bond donors (Lipinski definition) is 2. The van der Waals surface area contributed by atoms with Crippen LogP contribution in [0.5, 0.6) is 0 Å². The minimum absolute atomic E-state index is 0.326. The maximum absolute atomic E-state index is 13.6. The van der Waals surface area contributed by atoms with E-state index in [1.165, 1.54) is 37.5 Å². The minimum atomic E-state index is -0.545. The van der Waals surface area contributed by atoms with E-state index in [2.05, 4.69) is 5.32 Å². The first-order valence-corrected chi connectivity index (χ1v) is 7.57. The zero-order valence-electron chi connectivity index (χ0n) is 12.2. The zero-order chi connectivity index (χ0) is 15.1. The summed E-state index contributed by atoms with van der Waals surface area (Å²) in [6, 6.07) is 4.16. The molecule has 1 fully saturated rings. The van der Waals surface area contributed by atoms with Crippen LogP contribution in [0.15, 0.2) is 18.2 Å². The molecule has 1 aromatic rings. The number of carbonyl (C=O) groups excluding carboxylic acids is 1. The van der Waals surface area contributed by atoms with E-state index in [1.807, 2.05) is 0 Å². The molecule has 4 nitrogen and oxygen atoms in total. The first-order chi connectivity index (χ1) is 10.2. The van der Waals surface area contributed by atoms with E-state index in [0.29, 0.717) is 36.9 Å². The molecule has 5 heteroatoms. The van der Waals surface area contributed by atoms with Crippen molar-refractivity contribution in [2.75, 3.05) is 13.2 Å². The lowest BCUT2D eigenvalue weighted by Gasteiger charge is -2.22. The molecule has 1 amide bonds. The third-order valence-electron chi connectivity index (χ3n) is 3.83. The topological polar surface area (TPSA) is 64.4 Å². The maximum atomic E-state index is 13.6. The van der Waals surface area contributed by atoms with E-state index in [9.17, 15) is 9.18 Å². The molecular formula is C16H23FN2O2. The van der Waals surface area contributed by atoms with Crippen molar-refractivity contribution in [2.24, 2.45) is 5.73 Å². The fraction of sp³-hybridized carbons (Fsp3) is 0.562. The summed E-state index contributed by atoms with van der Waals surface area (Å²) in [5.41, 5.74) is 5.96. The van der Waals surface area contributed by atoms with Crippen LogP contribution in [0.25, 0.3) is 0 Å². The number of halogens is 1. The molecule has 21 heavy (non-hydrogen) atoms. The van der Waals surface area contributed by atoms with Gasteiger partial charge in [-0.05, 0) is 31.0 Å². The summed E-state index contributed by atoms with van der Waals surface area (Å²) in [5, 5.41) is 3.13. The number of amides is 1. The van der Waals surface area contributed by atoms with E-state index in [0.717, 1.165) is 12.8 Å². The molecule has 0 atom stereocenters. The van der Waals surface area contributed by atoms with Crippen LogP contribution in [0.1, 0.15) is 48.0 Å². The van der Waals surface area contributed by atoms with Gasteiger partial charge >= 0.3 is 0 Å². The third kappa shape index (κ3) is 5.10. The van der Waals surface area contributed by atoms with Gasteiger partial charge in [0, 0.05) is 24.2 Å². The number of hydrogen-bond acceptors (Lipinski definition) is 3. The Labute approximate surface area is 124 Å². The standard InChI is InChI=1S/C16H23FN2O2/c17-15-7-6-12(16(18)20)10-13(15)11-19-8-9-21-14-4-2-1-3-5-14/h6-7,10,14,19H,1-5,8-9,11H2,(H2,18,20). The summed E-state index contributed by atoms with van der Waals surface area (Å²) in [5.74, 6) is -0.877. The van der Waals surface area contributed by atoms with Gasteiger partial charge in [-0.1, -0.05) is 19.3 Å². The number of nitrogens with two attached hydrogens (primary N) is 1. The van der Waals surface area contributed by atoms with Crippen molar-refractivity contribution in [2.45, 2.75) is 44.8 Å². The Kier molecular flexibility index (Phi) is 6.14. The maximum Gasteiger partial charge on any atom is 0.248 e. The van der Waals surface area contributed by atoms with Crippen LogP contribution >= 0.6 is 0 Å². The molecule has 3 N–H and O–H groups in total. The molecule has 0 bridgehead atoms. The van der Waals surface area contributed by atoms with E-state index >= 15 is 0 Å². The van der Waals surface area contributed by atoms with Gasteiger partial charge in [0.25, 0.3) is 0 Å². The lowest BCUT2D eigenvalue weighted by molar-refractivity contribution is 0.0302. The van der Waals surface area contributed by atoms with Gasteiger partial charge in [-0.3, -0.25) is 4.79 Å². The number of carbonyl (C=O) groups is 1. The van der Waals surface area contributed by atoms with Crippen LogP contribution < -0.4 is 11.1 Å². The fourth-order valence-electron chi connectivity index (χ4n) is 2.62. The summed E-state index contributed by atoms with van der Waals surface area (Å²) in [6.45, 7) is 1.65. The Morgan fingerprint density at radius 1 is 1.33 bits per heavy atom. The second-order valence-corrected chi connectivity index (χ2v) is 5.48. The molecule has 2 rings (SSSR count). The molecule has 116 valence electrons. The summed E-state index contributed by atoms with van der Waals surface area (Å²) < 4.78 is 19.4. The van der Waals surface area contributed by atoms with Crippen LogP contribution in [-0.2, 0) is 11.3 Å². The van der Waals surface area contributed by atoms with Crippen molar-refractivity contribution in [3.8, 4) is 0 Å². The lowest BCUT2D eigenvalue weighted by Crippen LogP contribution is -2.24. The molecule has 0 radical (unpaired) electrons. The largest absolute Gasteiger partial charge is 0.377 e. The monoisotopic (exact) mass is 294 g/mol. The van der Waals surface area contributed by atoms with Crippen molar-refractivity contribution in [1.29, 1.82) is 0 Å². The predicted molar refractivity (Wildman–Crippen MR) is 79.4 cm³/mol. The van der Waals surface area contributed by atoms with Gasteiger partial charge in [0.05, 0.1) is 12.7 Å². The van der Waals surface area contributed by atoms with Crippen molar-refractivity contribution < 1.29 is 13.9 Å². The van der Waals surface area contributed by atoms with Crippen LogP contribution in [0, 0.1) is 5.82 Å². The Balaban J connectivity index is 1.70. The van der Waals surface area contributed by atoms with Crippen LogP contribution in [0.2, 0.25) is 0 Å². The molecular weight excluding hydrogens is 271 g/mol. The van der Waals surface area contributed by atoms with Gasteiger partial charge in [0.1, 0.15) is 5.82 Å². The zero-order valence-corrected chi connectivity index (χ0v) is 12.2. The number of benzene rings is 1. The number of ether oxygens (including phenoxy) is 1. The summed E-state index contributed by atoms with van der Waals surface area (Å²) >= 11 is 0. The molecule has 1 aliphatic carbocycles. The molecule has 0 heterocycles. The van der Waals surface area contributed by atoms with E-state index in [-0.39, 0.29) is 5.82 Å². The van der Waals surface area contributed by atoms with Gasteiger partial charge in [-0.25, -0.2) is 4.39 Å². The summed E-state index contributed by atoms with van der Waals surface area (Å²) in [7, 11) is 0. The van der Waals surface area contributed by atoms with Gasteiger partial charge in [0.15, 0.2) is 0 Å². The van der Waals surface area contributed by atoms with E-state index < -0.39 is 5.91 Å². The molecule has 0 saturated heterocycles. The molecule has 1 aromatic carbocycles. The predicted octanol–water partition coefficient (Wildman–Crippen LogP) is 2.36. The molecule has 0 aromatic heterocycles. The first kappa shape index (κ1) is 15.9. The van der Waals surface area contributed by atoms with Crippen LogP contribution in [0.3, 0.4) is 0 Å². The highest BCUT2D eigenvalue weighted by Crippen LogP contribution is 2.19. The second-order valence-electron chi connectivity index (χ2n) is 5.48. The Morgan fingerprint density at radius 2 is 2.10 bits per heavy atom. The number of rotatable bonds is 7. The highest BCUT2D eigenvalue weighted by Gasteiger charge is 2.13. The van der Waals surface area contributed by atoms with Crippen LogP contribution in [-0.4, -0.2) is 25.2 Å². The Morgan fingerprint density at radius 3 is 2.81 bits per heavy atom. The molecule has 0 aliphatic heterocycles. The smallest absolute Gasteiger partial charge is 0.248 e. The molecule has 0 unspecified atom stereocenters. The second kappa shape index (κ2) is 8.10. The van der Waals surface area contributed by atoms with Gasteiger partial charge in [-0.2, -0.15) is 0 Å². The average Bonchev–Trinajstić information content (AvgIpc) is 2.49. The van der Waals surface area contributed by atoms with Gasteiger partial charge < -0.3 is 15.8 Å². The molecule has 0 spiro atoms. The first-order valence-electron chi connectivity index (χ1n) is 7.57. The minimum Gasteiger partial charge on any atom is -0.377 e. The Hall–Kier alpha value is -1.46. The summed E-state index contributed by atoms with van der Waals surface area (Å²) in [6.07, 6.45) is 6.50. The molecule has 1 aliphatic rings. The third-order valence-corrected chi connectivity index (χ3v) is 3.83. The SMILES string of the molecule is NC(=O)c1ccc(F)c(CNCCOC2CCCCC2)c1. The normalized spacial score (nSPS) is 16.0. The van der Waals surface area contributed by atoms with E-state index in [4.69, 9.17) is 10.5 Å². The average molecular weight is 294 g/mol. The molecule has 1 saturated carbocycles. The van der Waals surface area contributed by atoms with Crippen molar-refractivity contribution in [3.05, 3.63) is 35.1 Å². The van der Waals surface area contributed by atoms with Gasteiger partial charge in [-0.15, -0.1) is 0 Å². The number of nitrogens with one attached hydrogen (secondary N) is 1. The van der Waals surface area contributed by atoms with Crippen LogP contribution in [0.4, 0.5) is 4.39 Å².